The minimum Gasteiger partial charge on any atom is -0.303 e. The first kappa shape index (κ1) is 9.11. The summed E-state index contributed by atoms with van der Waals surface area (Å²) in [4.78, 5) is 10.8. The fourth-order valence-electron chi connectivity index (χ4n) is 1.72. The Hall–Kier alpha value is 0.0200. The van der Waals surface area contributed by atoms with Gasteiger partial charge in [0.25, 0.3) is 0 Å². The van der Waals surface area contributed by atoms with Gasteiger partial charge in [-0.15, -0.1) is 0 Å². The van der Waals surface area contributed by atoms with Gasteiger partial charge in [0.15, 0.2) is 0 Å². The van der Waals surface area contributed by atoms with Gasteiger partial charge in [0, 0.05) is 5.41 Å². The molecular weight excluding hydrogens is 156 g/mol. The second-order valence-electron chi connectivity index (χ2n) is 4.08. The molecule has 1 aliphatic rings. The van der Waals surface area contributed by atoms with Gasteiger partial charge in [-0.05, 0) is 30.3 Å². The first-order valence-electron chi connectivity index (χ1n) is 4.03. The highest BCUT2D eigenvalue weighted by Gasteiger charge is 2.60. The average molecular weight is 172 g/mol. The molecule has 0 saturated heterocycles. The molecule has 0 aliphatic heterocycles. The highest BCUT2D eigenvalue weighted by molar-refractivity contribution is 7.98. The van der Waals surface area contributed by atoms with Crippen LogP contribution in [-0.2, 0) is 4.79 Å². The summed E-state index contributed by atoms with van der Waals surface area (Å²) in [5.41, 5.74) is 0.320. The van der Waals surface area contributed by atoms with Crippen molar-refractivity contribution in [2.45, 2.75) is 26.7 Å². The van der Waals surface area contributed by atoms with Crippen LogP contribution in [0.2, 0.25) is 0 Å². The van der Waals surface area contributed by atoms with Crippen LogP contribution in [-0.4, -0.2) is 18.3 Å². The zero-order chi connectivity index (χ0) is 8.54. The normalized spacial score (nSPS) is 33.4. The lowest BCUT2D eigenvalue weighted by molar-refractivity contribution is -0.113. The maximum atomic E-state index is 10.8. The molecule has 64 valence electrons. The first-order chi connectivity index (χ1) is 5.08. The third-order valence-corrected chi connectivity index (χ3v) is 3.57. The van der Waals surface area contributed by atoms with Gasteiger partial charge < -0.3 is 4.79 Å². The quantitative estimate of drug-likeness (QED) is 0.605. The Morgan fingerprint density at radius 3 is 2.36 bits per heavy atom. The second-order valence-corrected chi connectivity index (χ2v) is 5.06. The molecule has 0 N–H and O–H groups in total. The van der Waals surface area contributed by atoms with Gasteiger partial charge >= 0.3 is 0 Å². The van der Waals surface area contributed by atoms with Crippen molar-refractivity contribution >= 4 is 18.0 Å². The third kappa shape index (κ3) is 1.46. The van der Waals surface area contributed by atoms with Crippen LogP contribution in [0.3, 0.4) is 0 Å². The molecule has 1 rings (SSSR count). The minimum atomic E-state index is 0.0377. The maximum absolute atomic E-state index is 10.8. The zero-order valence-corrected chi connectivity index (χ0v) is 8.33. The second kappa shape index (κ2) is 2.81. The molecular formula is C9H16OS. The molecule has 0 radical (unpaired) electrons. The van der Waals surface area contributed by atoms with Gasteiger partial charge in [-0.3, -0.25) is 0 Å². The standard InChI is InChI=1S/C9H16OS/c1-8(2)6-9(8,7-10)4-5-11-3/h7H,4-6H2,1-3H3. The van der Waals surface area contributed by atoms with Crippen LogP contribution in [0.15, 0.2) is 0 Å². The number of carbonyl (C=O) groups excluding carboxylic acids is 1. The SMILES string of the molecule is CSCCC1(C=O)CC1(C)C. The molecule has 1 saturated carbocycles. The van der Waals surface area contributed by atoms with E-state index in [1.165, 1.54) is 6.29 Å². The summed E-state index contributed by atoms with van der Waals surface area (Å²) in [7, 11) is 0. The molecule has 1 aliphatic carbocycles. The van der Waals surface area contributed by atoms with Crippen molar-refractivity contribution in [2.75, 3.05) is 12.0 Å². The molecule has 0 amide bonds. The Kier molecular flexibility index (Phi) is 2.33. The van der Waals surface area contributed by atoms with E-state index >= 15 is 0 Å². The van der Waals surface area contributed by atoms with Crippen LogP contribution in [0.25, 0.3) is 0 Å². The van der Waals surface area contributed by atoms with Crippen molar-refractivity contribution in [1.29, 1.82) is 0 Å². The molecule has 0 aromatic heterocycles. The van der Waals surface area contributed by atoms with Crippen LogP contribution < -0.4 is 0 Å². The van der Waals surface area contributed by atoms with Crippen molar-refractivity contribution in [3.8, 4) is 0 Å². The molecule has 0 spiro atoms. The lowest BCUT2D eigenvalue weighted by atomic mass is 9.95. The molecule has 1 unspecified atom stereocenters. The van der Waals surface area contributed by atoms with Crippen LogP contribution in [0.4, 0.5) is 0 Å². The third-order valence-electron chi connectivity index (χ3n) is 2.96. The molecule has 0 aromatic rings. The van der Waals surface area contributed by atoms with Gasteiger partial charge in [0.2, 0.25) is 0 Å². The number of thioether (sulfide) groups is 1. The van der Waals surface area contributed by atoms with Crippen molar-refractivity contribution < 1.29 is 4.79 Å². The highest BCUT2D eigenvalue weighted by atomic mass is 32.2. The van der Waals surface area contributed by atoms with E-state index in [9.17, 15) is 4.79 Å². The summed E-state index contributed by atoms with van der Waals surface area (Å²) in [6, 6.07) is 0. The summed E-state index contributed by atoms with van der Waals surface area (Å²) in [6.07, 6.45) is 5.41. The fourth-order valence-corrected chi connectivity index (χ4v) is 2.28. The van der Waals surface area contributed by atoms with Crippen LogP contribution in [0.1, 0.15) is 26.7 Å². The Morgan fingerprint density at radius 2 is 2.09 bits per heavy atom. The number of rotatable bonds is 4. The Morgan fingerprint density at radius 1 is 1.55 bits per heavy atom. The predicted molar refractivity (Wildman–Crippen MR) is 49.9 cm³/mol. The Balaban J connectivity index is 2.46. The van der Waals surface area contributed by atoms with E-state index in [1.807, 2.05) is 11.8 Å². The molecule has 2 heteroatoms. The van der Waals surface area contributed by atoms with Gasteiger partial charge in [0.05, 0.1) is 0 Å². The van der Waals surface area contributed by atoms with E-state index in [2.05, 4.69) is 20.1 Å². The van der Waals surface area contributed by atoms with Crippen molar-refractivity contribution in [3.63, 3.8) is 0 Å². The predicted octanol–water partition coefficient (Wildman–Crippen LogP) is 2.35. The molecule has 0 heterocycles. The van der Waals surface area contributed by atoms with Crippen LogP contribution in [0.5, 0.6) is 0 Å². The highest BCUT2D eigenvalue weighted by Crippen LogP contribution is 2.64. The van der Waals surface area contributed by atoms with E-state index < -0.39 is 0 Å². The summed E-state index contributed by atoms with van der Waals surface area (Å²) >= 11 is 1.83. The summed E-state index contributed by atoms with van der Waals surface area (Å²) < 4.78 is 0. The lowest BCUT2D eigenvalue weighted by Gasteiger charge is -2.11. The van der Waals surface area contributed by atoms with E-state index in [0.717, 1.165) is 18.6 Å². The number of hydrogen-bond donors (Lipinski definition) is 0. The lowest BCUT2D eigenvalue weighted by Crippen LogP contribution is -2.11. The minimum absolute atomic E-state index is 0.0377. The number of hydrogen-bond acceptors (Lipinski definition) is 2. The van der Waals surface area contributed by atoms with Crippen molar-refractivity contribution in [3.05, 3.63) is 0 Å². The largest absolute Gasteiger partial charge is 0.303 e. The monoisotopic (exact) mass is 172 g/mol. The molecule has 11 heavy (non-hydrogen) atoms. The van der Waals surface area contributed by atoms with Crippen molar-refractivity contribution in [2.24, 2.45) is 10.8 Å². The first-order valence-corrected chi connectivity index (χ1v) is 5.43. The number of aldehydes is 1. The van der Waals surface area contributed by atoms with Gasteiger partial charge in [-0.1, -0.05) is 13.8 Å². The zero-order valence-electron chi connectivity index (χ0n) is 7.52. The van der Waals surface area contributed by atoms with E-state index in [4.69, 9.17) is 0 Å². The van der Waals surface area contributed by atoms with Crippen LogP contribution >= 0.6 is 11.8 Å². The van der Waals surface area contributed by atoms with E-state index in [-0.39, 0.29) is 10.8 Å². The molecule has 1 nitrogen and oxygen atoms in total. The fraction of sp³-hybridized carbons (Fsp3) is 0.889. The number of carbonyl (C=O) groups is 1. The molecule has 1 atom stereocenters. The smallest absolute Gasteiger partial charge is 0.126 e. The maximum Gasteiger partial charge on any atom is 0.126 e. The van der Waals surface area contributed by atoms with E-state index in [0.29, 0.717) is 0 Å². The van der Waals surface area contributed by atoms with Gasteiger partial charge in [-0.25, -0.2) is 0 Å². The topological polar surface area (TPSA) is 17.1 Å². The Bertz CT molecular complexity index is 165. The van der Waals surface area contributed by atoms with Gasteiger partial charge in [0.1, 0.15) is 6.29 Å². The van der Waals surface area contributed by atoms with Crippen LogP contribution in [0, 0.1) is 10.8 Å². The molecule has 0 bridgehead atoms. The van der Waals surface area contributed by atoms with Crippen molar-refractivity contribution in [1.82, 2.24) is 0 Å². The summed E-state index contributed by atoms with van der Waals surface area (Å²) in [6.45, 7) is 4.36. The Labute approximate surface area is 72.9 Å². The molecule has 1 fully saturated rings. The summed E-state index contributed by atoms with van der Waals surface area (Å²) in [5, 5.41) is 0. The molecule has 0 aromatic carbocycles. The van der Waals surface area contributed by atoms with E-state index in [1.54, 1.807) is 0 Å². The summed E-state index contributed by atoms with van der Waals surface area (Å²) in [5.74, 6) is 1.11. The average Bonchev–Trinajstić information content (AvgIpc) is 2.50. The van der Waals surface area contributed by atoms with Gasteiger partial charge in [-0.2, -0.15) is 11.8 Å².